The molecular weight excluding hydrogens is 374 g/mol. The van der Waals surface area contributed by atoms with Crippen LogP contribution in [0.4, 0.5) is 10.5 Å². The number of benzene rings is 1. The van der Waals surface area contributed by atoms with E-state index in [9.17, 15) is 19.2 Å². The van der Waals surface area contributed by atoms with Crippen LogP contribution in [0.5, 0.6) is 0 Å². The van der Waals surface area contributed by atoms with Crippen LogP contribution in [0.1, 0.15) is 52.5 Å². The quantitative estimate of drug-likeness (QED) is 0.605. The number of piperidine rings is 1. The van der Waals surface area contributed by atoms with E-state index in [1.165, 1.54) is 0 Å². The Hall–Kier alpha value is -2.90. The zero-order chi connectivity index (χ0) is 21.6. The smallest absolute Gasteiger partial charge is 0.407 e. The van der Waals surface area contributed by atoms with Gasteiger partial charge in [0.2, 0.25) is 17.7 Å². The molecule has 1 aromatic carbocycles. The third kappa shape index (κ3) is 5.13. The summed E-state index contributed by atoms with van der Waals surface area (Å²) in [5, 5.41) is 7.78. The zero-order valence-corrected chi connectivity index (χ0v) is 17.3. The first-order valence-corrected chi connectivity index (χ1v) is 9.92. The fraction of sp³-hybridized carbons (Fsp3) is 0.524. The number of nitrogens with one attached hydrogen (secondary N) is 3. The molecule has 0 spiro atoms. The largest absolute Gasteiger partial charge is 0.450 e. The minimum atomic E-state index is -0.748. The first-order chi connectivity index (χ1) is 13.7. The second-order valence-electron chi connectivity index (χ2n) is 7.47. The number of alkyl carbamates (subject to hydrolysis) is 1. The molecule has 29 heavy (non-hydrogen) atoms. The Kier molecular flexibility index (Phi) is 7.36. The topological polar surface area (TPSA) is 114 Å². The van der Waals surface area contributed by atoms with Crippen LogP contribution in [0, 0.1) is 5.92 Å². The molecule has 0 radical (unpaired) electrons. The summed E-state index contributed by atoms with van der Waals surface area (Å²) in [7, 11) is 0. The highest BCUT2D eigenvalue weighted by Gasteiger charge is 2.42. The Labute approximate surface area is 170 Å². The van der Waals surface area contributed by atoms with E-state index >= 15 is 0 Å². The number of amides is 4. The highest BCUT2D eigenvalue weighted by Crippen LogP contribution is 2.36. The summed E-state index contributed by atoms with van der Waals surface area (Å²) < 4.78 is 4.86. The number of rotatable bonds is 7. The molecule has 2 atom stereocenters. The molecule has 0 saturated carbocycles. The Bertz CT molecular complexity index is 775. The standard InChI is InChI=1S/C21H29N3O5/c1-5-21(12-11-16(25)23-19(21)27)14-7-9-15(10-8-14)22-18(26)17(13(3)4)24-20(28)29-6-2/h7-10,13,17H,5-6,11-12H2,1-4H3,(H,22,26)(H,24,28)(H,23,25,27). The van der Waals surface area contributed by atoms with Gasteiger partial charge in [-0.3, -0.25) is 19.7 Å². The highest BCUT2D eigenvalue weighted by molar-refractivity contribution is 6.03. The normalized spacial score (nSPS) is 20.0. The van der Waals surface area contributed by atoms with E-state index in [1.807, 2.05) is 20.8 Å². The van der Waals surface area contributed by atoms with Gasteiger partial charge in [0.25, 0.3) is 0 Å². The maximum absolute atomic E-state index is 12.6. The van der Waals surface area contributed by atoms with E-state index in [0.29, 0.717) is 24.9 Å². The van der Waals surface area contributed by atoms with Crippen molar-refractivity contribution < 1.29 is 23.9 Å². The maximum Gasteiger partial charge on any atom is 0.407 e. The lowest BCUT2D eigenvalue weighted by Crippen LogP contribution is -2.51. The van der Waals surface area contributed by atoms with E-state index in [0.717, 1.165) is 5.56 Å². The molecule has 2 unspecified atom stereocenters. The van der Waals surface area contributed by atoms with E-state index in [4.69, 9.17) is 4.74 Å². The third-order valence-corrected chi connectivity index (χ3v) is 5.27. The van der Waals surface area contributed by atoms with Crippen molar-refractivity contribution in [1.29, 1.82) is 0 Å². The van der Waals surface area contributed by atoms with Gasteiger partial charge >= 0.3 is 6.09 Å². The van der Waals surface area contributed by atoms with Gasteiger partial charge in [-0.25, -0.2) is 4.79 Å². The van der Waals surface area contributed by atoms with Crippen LogP contribution in [0.25, 0.3) is 0 Å². The van der Waals surface area contributed by atoms with Gasteiger partial charge in [-0.05, 0) is 43.4 Å². The summed E-state index contributed by atoms with van der Waals surface area (Å²) >= 11 is 0. The van der Waals surface area contributed by atoms with Crippen molar-refractivity contribution >= 4 is 29.5 Å². The molecule has 0 bridgehead atoms. The molecule has 0 aromatic heterocycles. The van der Waals surface area contributed by atoms with Crippen LogP contribution in [-0.4, -0.2) is 36.5 Å². The van der Waals surface area contributed by atoms with Crippen LogP contribution >= 0.6 is 0 Å². The highest BCUT2D eigenvalue weighted by atomic mass is 16.5. The number of carbonyl (C=O) groups is 4. The first kappa shape index (κ1) is 22.4. The van der Waals surface area contributed by atoms with Gasteiger partial charge in [0.1, 0.15) is 6.04 Å². The molecule has 3 N–H and O–H groups in total. The molecule has 8 heteroatoms. The molecule has 1 heterocycles. The predicted molar refractivity (Wildman–Crippen MR) is 108 cm³/mol. The average Bonchev–Trinajstić information content (AvgIpc) is 2.67. The fourth-order valence-corrected chi connectivity index (χ4v) is 3.49. The molecule has 1 aromatic rings. The lowest BCUT2D eigenvalue weighted by molar-refractivity contribution is -0.138. The molecule has 158 valence electrons. The summed E-state index contributed by atoms with van der Waals surface area (Å²) in [6.07, 6.45) is 0.683. The predicted octanol–water partition coefficient (Wildman–Crippen LogP) is 2.48. The Morgan fingerprint density at radius 1 is 1.17 bits per heavy atom. The molecule has 8 nitrogen and oxygen atoms in total. The van der Waals surface area contributed by atoms with Gasteiger partial charge in [-0.15, -0.1) is 0 Å². The van der Waals surface area contributed by atoms with E-state index in [-0.39, 0.29) is 30.2 Å². The Balaban J connectivity index is 2.13. The average molecular weight is 403 g/mol. The summed E-state index contributed by atoms with van der Waals surface area (Å²) in [5.74, 6) is -1.03. The van der Waals surface area contributed by atoms with E-state index < -0.39 is 17.6 Å². The Morgan fingerprint density at radius 3 is 2.34 bits per heavy atom. The molecule has 4 amide bonds. The molecule has 1 aliphatic heterocycles. The van der Waals surface area contributed by atoms with Crippen molar-refractivity contribution in [2.24, 2.45) is 5.92 Å². The van der Waals surface area contributed by atoms with Crippen molar-refractivity contribution in [1.82, 2.24) is 10.6 Å². The fourth-order valence-electron chi connectivity index (χ4n) is 3.49. The Morgan fingerprint density at radius 2 is 1.83 bits per heavy atom. The summed E-state index contributed by atoms with van der Waals surface area (Å²) in [6.45, 7) is 7.48. The van der Waals surface area contributed by atoms with Crippen LogP contribution in [0.15, 0.2) is 24.3 Å². The van der Waals surface area contributed by atoms with Gasteiger partial charge < -0.3 is 15.4 Å². The lowest BCUT2D eigenvalue weighted by Gasteiger charge is -2.35. The monoisotopic (exact) mass is 403 g/mol. The third-order valence-electron chi connectivity index (χ3n) is 5.27. The minimum Gasteiger partial charge on any atom is -0.450 e. The molecular formula is C21H29N3O5. The lowest BCUT2D eigenvalue weighted by atomic mass is 9.72. The number of ether oxygens (including phenoxy) is 1. The van der Waals surface area contributed by atoms with Gasteiger partial charge in [0, 0.05) is 12.1 Å². The van der Waals surface area contributed by atoms with Crippen LogP contribution in [0.3, 0.4) is 0 Å². The molecule has 1 saturated heterocycles. The first-order valence-electron chi connectivity index (χ1n) is 9.92. The zero-order valence-electron chi connectivity index (χ0n) is 17.3. The van der Waals surface area contributed by atoms with Crippen LogP contribution < -0.4 is 16.0 Å². The van der Waals surface area contributed by atoms with Gasteiger partial charge in [0.05, 0.1) is 12.0 Å². The van der Waals surface area contributed by atoms with Crippen molar-refractivity contribution in [3.63, 3.8) is 0 Å². The summed E-state index contributed by atoms with van der Waals surface area (Å²) in [4.78, 5) is 48.3. The minimum absolute atomic E-state index is 0.134. The van der Waals surface area contributed by atoms with Crippen molar-refractivity contribution in [3.05, 3.63) is 29.8 Å². The van der Waals surface area contributed by atoms with Crippen LogP contribution in [-0.2, 0) is 24.5 Å². The SMILES string of the molecule is CCOC(=O)NC(C(=O)Nc1ccc(C2(CC)CCC(=O)NC2=O)cc1)C(C)C. The molecule has 1 aliphatic rings. The van der Waals surface area contributed by atoms with Crippen molar-refractivity contribution in [2.75, 3.05) is 11.9 Å². The van der Waals surface area contributed by atoms with E-state index in [1.54, 1.807) is 31.2 Å². The van der Waals surface area contributed by atoms with Crippen molar-refractivity contribution in [2.45, 2.75) is 58.4 Å². The van der Waals surface area contributed by atoms with Gasteiger partial charge in [-0.1, -0.05) is 32.9 Å². The van der Waals surface area contributed by atoms with Crippen LogP contribution in [0.2, 0.25) is 0 Å². The maximum atomic E-state index is 12.6. The summed E-state index contributed by atoms with van der Waals surface area (Å²) in [5.41, 5.74) is 0.601. The molecule has 0 aliphatic carbocycles. The molecule has 1 fully saturated rings. The van der Waals surface area contributed by atoms with E-state index in [2.05, 4.69) is 16.0 Å². The number of hydrogen-bond donors (Lipinski definition) is 3. The van der Waals surface area contributed by atoms with Gasteiger partial charge in [0.15, 0.2) is 0 Å². The number of carbonyl (C=O) groups excluding carboxylic acids is 4. The number of imide groups is 1. The second kappa shape index (κ2) is 9.54. The molecule has 2 rings (SSSR count). The summed E-state index contributed by atoms with van der Waals surface area (Å²) in [6, 6.07) is 6.27. The second-order valence-corrected chi connectivity index (χ2v) is 7.47. The van der Waals surface area contributed by atoms with Crippen molar-refractivity contribution in [3.8, 4) is 0 Å². The van der Waals surface area contributed by atoms with Gasteiger partial charge in [-0.2, -0.15) is 0 Å². The number of hydrogen-bond acceptors (Lipinski definition) is 5. The number of anilines is 1.